The van der Waals surface area contributed by atoms with Crippen LogP contribution < -0.4 is 9.47 Å². The summed E-state index contributed by atoms with van der Waals surface area (Å²) < 4.78 is 82.0. The Balaban J connectivity index is 1.70. The first-order chi connectivity index (χ1) is 26.7. The van der Waals surface area contributed by atoms with E-state index in [0.717, 1.165) is 25.7 Å². The predicted octanol–water partition coefficient (Wildman–Crippen LogP) is 15.7. The molecule has 0 bridgehead atoms. The summed E-state index contributed by atoms with van der Waals surface area (Å²) in [4.78, 5) is 0. The SMILES string of the molecule is CCCCCCCCCCCCCCCCOc1ccc(I(OS(=O)(=O)C(F)(F)F)c2ccc(OCCCCCCCCCCCCCCCC)cc2)cc1. The van der Waals surface area contributed by atoms with Crippen LogP contribution in [0.15, 0.2) is 48.5 Å². The molecule has 0 N–H and O–H groups in total. The Morgan fingerprint density at radius 2 is 0.691 bits per heavy atom. The molecule has 0 saturated heterocycles. The van der Waals surface area contributed by atoms with Crippen molar-refractivity contribution in [3.05, 3.63) is 55.7 Å². The van der Waals surface area contributed by atoms with Crippen molar-refractivity contribution in [1.29, 1.82) is 0 Å². The first-order valence-corrected chi connectivity index (χ1v) is 26.3. The van der Waals surface area contributed by atoms with Gasteiger partial charge in [0.2, 0.25) is 0 Å². The minimum atomic E-state index is -5.78. The number of benzene rings is 2. The van der Waals surface area contributed by atoms with E-state index in [4.69, 9.17) is 12.0 Å². The maximum atomic E-state index is 13.4. The molecule has 0 amide bonds. The van der Waals surface area contributed by atoms with Gasteiger partial charge in [-0.2, -0.15) is 0 Å². The van der Waals surface area contributed by atoms with E-state index in [1.807, 2.05) is 0 Å². The standard InChI is InChI=1S/C45H74F3IO5S/c1-3-5-7-9-11-13-15-17-19-21-23-25-27-29-39-52-43-35-31-41(32-36-43)49(54-55(50,51)45(46,47)48)42-33-37-44(38-34-42)53-40-30-28-26-24-22-20-18-16-14-12-10-8-6-4-2/h31-38H,3-30,39-40H2,1-2H3. The van der Waals surface area contributed by atoms with Crippen LogP contribution in [0.1, 0.15) is 194 Å². The third-order valence-electron chi connectivity index (χ3n) is 9.99. The van der Waals surface area contributed by atoms with Gasteiger partial charge in [-0.3, -0.25) is 0 Å². The molecule has 0 atom stereocenters. The van der Waals surface area contributed by atoms with E-state index >= 15 is 0 Å². The van der Waals surface area contributed by atoms with Crippen molar-refractivity contribution < 1.29 is 33.6 Å². The summed E-state index contributed by atoms with van der Waals surface area (Å²) >= 11 is -3.50. The van der Waals surface area contributed by atoms with Gasteiger partial charge in [-0.15, -0.1) is 0 Å². The molecule has 2 rings (SSSR count). The van der Waals surface area contributed by atoms with Crippen LogP contribution in [-0.2, 0) is 12.6 Å². The van der Waals surface area contributed by atoms with E-state index < -0.39 is 35.9 Å². The molecule has 0 aliphatic rings. The second-order valence-corrected chi connectivity index (χ2v) is 21.5. The van der Waals surface area contributed by atoms with Gasteiger partial charge >= 0.3 is 227 Å². The zero-order valence-electron chi connectivity index (χ0n) is 34.3. The van der Waals surface area contributed by atoms with Gasteiger partial charge in [0.1, 0.15) is 0 Å². The normalized spacial score (nSPS) is 12.3. The quantitative estimate of drug-likeness (QED) is 0.0387. The zero-order chi connectivity index (χ0) is 39.9. The third-order valence-corrected chi connectivity index (χ3v) is 17.0. The number of halogens is 4. The van der Waals surface area contributed by atoms with Gasteiger partial charge in [-0.1, -0.05) is 117 Å². The average Bonchev–Trinajstić information content (AvgIpc) is 3.17. The van der Waals surface area contributed by atoms with Gasteiger partial charge in [0.05, 0.1) is 0 Å². The van der Waals surface area contributed by atoms with Gasteiger partial charge in [-0.25, -0.2) is 0 Å². The van der Waals surface area contributed by atoms with E-state index in [-0.39, 0.29) is 0 Å². The van der Waals surface area contributed by atoms with E-state index in [1.165, 1.54) is 154 Å². The van der Waals surface area contributed by atoms with Crippen molar-refractivity contribution in [2.24, 2.45) is 0 Å². The molecule has 55 heavy (non-hydrogen) atoms. The molecule has 2 aromatic carbocycles. The van der Waals surface area contributed by atoms with Gasteiger partial charge < -0.3 is 0 Å². The van der Waals surface area contributed by atoms with Gasteiger partial charge in [0.25, 0.3) is 0 Å². The fraction of sp³-hybridized carbons (Fsp3) is 0.733. The van der Waals surface area contributed by atoms with Crippen molar-refractivity contribution in [2.45, 2.75) is 199 Å². The molecule has 0 spiro atoms. The van der Waals surface area contributed by atoms with Crippen molar-refractivity contribution in [2.75, 3.05) is 13.2 Å². The Morgan fingerprint density at radius 1 is 0.436 bits per heavy atom. The molecule has 0 aliphatic heterocycles. The monoisotopic (exact) mass is 910 g/mol. The number of hydrogen-bond acceptors (Lipinski definition) is 5. The molecule has 2 aromatic rings. The van der Waals surface area contributed by atoms with Crippen molar-refractivity contribution >= 4 is 30.4 Å². The minimum absolute atomic E-state index is 0.428. The Labute approximate surface area is 341 Å². The van der Waals surface area contributed by atoms with Crippen LogP contribution in [0, 0.1) is 7.14 Å². The van der Waals surface area contributed by atoms with Crippen LogP contribution in [0.2, 0.25) is 0 Å². The first-order valence-electron chi connectivity index (χ1n) is 21.8. The van der Waals surface area contributed by atoms with E-state index in [2.05, 4.69) is 13.8 Å². The van der Waals surface area contributed by atoms with Gasteiger partial charge in [-0.05, 0) is 0 Å². The Bertz CT molecular complexity index is 1210. The summed E-state index contributed by atoms with van der Waals surface area (Å²) in [5, 5.41) is 0. The molecule has 0 unspecified atom stereocenters. The first kappa shape index (κ1) is 49.6. The fourth-order valence-corrected chi connectivity index (χ4v) is 13.0. The van der Waals surface area contributed by atoms with Crippen LogP contribution in [0.4, 0.5) is 13.2 Å². The Kier molecular flexibility index (Phi) is 28.4. The number of hydrogen-bond donors (Lipinski definition) is 0. The van der Waals surface area contributed by atoms with Gasteiger partial charge in [0.15, 0.2) is 0 Å². The summed E-state index contributed by atoms with van der Waals surface area (Å²) in [6.45, 7) is 5.62. The van der Waals surface area contributed by atoms with E-state index in [1.54, 1.807) is 48.5 Å². The van der Waals surface area contributed by atoms with Crippen molar-refractivity contribution in [3.63, 3.8) is 0 Å². The number of alkyl halides is 3. The Hall–Kier alpha value is -1.53. The summed E-state index contributed by atoms with van der Waals surface area (Å²) in [6.07, 6.45) is 35.8. The van der Waals surface area contributed by atoms with Crippen LogP contribution in [0.25, 0.3) is 0 Å². The summed E-state index contributed by atoms with van der Waals surface area (Å²) in [7, 11) is -5.78. The topological polar surface area (TPSA) is 61.8 Å². The predicted molar refractivity (Wildman–Crippen MR) is 232 cm³/mol. The molecule has 0 fully saturated rings. The van der Waals surface area contributed by atoms with Gasteiger partial charge in [0, 0.05) is 0 Å². The molecule has 0 heterocycles. The van der Waals surface area contributed by atoms with E-state index in [0.29, 0.717) is 31.9 Å². The summed E-state index contributed by atoms with van der Waals surface area (Å²) in [5.74, 6) is 1.19. The third kappa shape index (κ3) is 24.1. The maximum absolute atomic E-state index is 13.4. The molecule has 10 heteroatoms. The molecule has 0 aromatic heterocycles. The average molecular weight is 911 g/mol. The number of rotatable bonds is 36. The second kappa shape index (κ2) is 31.5. The van der Waals surface area contributed by atoms with E-state index in [9.17, 15) is 21.6 Å². The molecule has 5 nitrogen and oxygen atoms in total. The fourth-order valence-electron chi connectivity index (χ4n) is 6.58. The zero-order valence-corrected chi connectivity index (χ0v) is 37.3. The van der Waals surface area contributed by atoms with Crippen LogP contribution in [-0.4, -0.2) is 27.1 Å². The van der Waals surface area contributed by atoms with Crippen LogP contribution in [0.5, 0.6) is 11.5 Å². The molecule has 0 radical (unpaired) electrons. The molecular weight excluding hydrogens is 836 g/mol. The summed E-state index contributed by atoms with van der Waals surface area (Å²) in [5.41, 5.74) is -5.50. The summed E-state index contributed by atoms with van der Waals surface area (Å²) in [6, 6.07) is 13.2. The van der Waals surface area contributed by atoms with Crippen molar-refractivity contribution in [3.8, 4) is 11.5 Å². The number of unbranched alkanes of at least 4 members (excludes halogenated alkanes) is 26. The number of ether oxygens (including phenoxy) is 2. The van der Waals surface area contributed by atoms with Crippen molar-refractivity contribution in [1.82, 2.24) is 0 Å². The second-order valence-electron chi connectivity index (χ2n) is 15.0. The Morgan fingerprint density at radius 3 is 0.945 bits per heavy atom. The molecular formula is C45H74F3IO5S. The van der Waals surface area contributed by atoms with Crippen LogP contribution >= 0.6 is 20.2 Å². The molecule has 318 valence electrons. The molecule has 0 saturated carbocycles. The molecule has 0 aliphatic carbocycles. The van der Waals surface area contributed by atoms with Crippen LogP contribution in [0.3, 0.4) is 0 Å².